The van der Waals surface area contributed by atoms with Crippen molar-refractivity contribution >= 4 is 29.9 Å². The van der Waals surface area contributed by atoms with Crippen molar-refractivity contribution in [1.29, 1.82) is 0 Å². The van der Waals surface area contributed by atoms with Crippen LogP contribution < -0.4 is 5.44 Å². The van der Waals surface area contributed by atoms with E-state index in [2.05, 4.69) is 10.1 Å². The van der Waals surface area contributed by atoms with Crippen molar-refractivity contribution in [3.8, 4) is 0 Å². The normalized spacial score (nSPS) is 12.5. The van der Waals surface area contributed by atoms with Crippen molar-refractivity contribution in [2.24, 2.45) is 0 Å². The minimum absolute atomic E-state index is 0.127. The Balaban J connectivity index is 2.47. The minimum atomic E-state index is -3.59. The molecular formula is C16H24N3O5P. The first-order chi connectivity index (χ1) is 11.7. The summed E-state index contributed by atoms with van der Waals surface area (Å²) in [4.78, 5) is 16.2. The minimum Gasteiger partial charge on any atom is -0.459 e. The number of rotatable bonds is 7. The summed E-state index contributed by atoms with van der Waals surface area (Å²) in [6.45, 7) is 9.12. The molecule has 9 heteroatoms. The van der Waals surface area contributed by atoms with E-state index >= 15 is 0 Å². The highest BCUT2D eigenvalue weighted by atomic mass is 31.2. The largest absolute Gasteiger partial charge is 0.459 e. The van der Waals surface area contributed by atoms with E-state index in [0.717, 1.165) is 0 Å². The molecule has 0 spiro atoms. The number of carbonyl (C=O) groups excluding carboxylic acids is 1. The van der Waals surface area contributed by atoms with E-state index in [0.29, 0.717) is 10.9 Å². The summed E-state index contributed by atoms with van der Waals surface area (Å²) in [5.74, 6) is -0.449. The quantitative estimate of drug-likeness (QED) is 0.547. The van der Waals surface area contributed by atoms with Gasteiger partial charge >= 0.3 is 13.6 Å². The van der Waals surface area contributed by atoms with Gasteiger partial charge in [0.25, 0.3) is 0 Å². The lowest BCUT2D eigenvalue weighted by Gasteiger charge is -2.19. The lowest BCUT2D eigenvalue weighted by Crippen LogP contribution is -2.27. The summed E-state index contributed by atoms with van der Waals surface area (Å²) in [7, 11) is -3.59. The third kappa shape index (κ3) is 4.66. The van der Waals surface area contributed by atoms with Gasteiger partial charge in [-0.1, -0.05) is 0 Å². The Kier molecular flexibility index (Phi) is 5.98. The van der Waals surface area contributed by atoms with Gasteiger partial charge in [0.2, 0.25) is 0 Å². The third-order valence-corrected chi connectivity index (χ3v) is 5.14. The maximum absolute atomic E-state index is 13.1. The average Bonchev–Trinajstić information content (AvgIpc) is 2.85. The first-order valence-corrected chi connectivity index (χ1v) is 9.66. The van der Waals surface area contributed by atoms with Crippen LogP contribution in [0.4, 0.5) is 0 Å². The van der Waals surface area contributed by atoms with Crippen molar-refractivity contribution in [2.75, 3.05) is 13.2 Å². The molecule has 0 bridgehead atoms. The zero-order chi connectivity index (χ0) is 18.7. The van der Waals surface area contributed by atoms with Crippen molar-refractivity contribution < 1.29 is 23.1 Å². The van der Waals surface area contributed by atoms with E-state index in [1.807, 2.05) is 0 Å². The Hall–Kier alpha value is -1.76. The number of carbonyl (C=O) groups is 1. The van der Waals surface area contributed by atoms with Gasteiger partial charge in [0, 0.05) is 11.6 Å². The molecule has 0 unspecified atom stereocenters. The lowest BCUT2D eigenvalue weighted by molar-refractivity contribution is -0.155. The molecule has 0 radical (unpaired) electrons. The summed E-state index contributed by atoms with van der Waals surface area (Å²) in [5.41, 5.74) is 0.132. The molecule has 25 heavy (non-hydrogen) atoms. The van der Waals surface area contributed by atoms with Crippen LogP contribution in [0.5, 0.6) is 0 Å². The predicted octanol–water partition coefficient (Wildman–Crippen LogP) is 2.66. The second-order valence-electron chi connectivity index (χ2n) is 6.29. The Labute approximate surface area is 147 Å². The van der Waals surface area contributed by atoms with Gasteiger partial charge in [-0.3, -0.25) is 19.0 Å². The molecule has 0 saturated heterocycles. The topological polar surface area (TPSA) is 92.5 Å². The molecule has 0 aliphatic carbocycles. The highest BCUT2D eigenvalue weighted by Gasteiger charge is 2.33. The second-order valence-corrected chi connectivity index (χ2v) is 8.23. The first-order valence-electron chi connectivity index (χ1n) is 8.12. The third-order valence-electron chi connectivity index (χ3n) is 3.09. The zero-order valence-electron chi connectivity index (χ0n) is 15.2. The first kappa shape index (κ1) is 19.6. The van der Waals surface area contributed by atoms with E-state index in [1.165, 1.54) is 4.68 Å². The number of esters is 1. The Morgan fingerprint density at radius 2 is 1.88 bits per heavy atom. The fraction of sp³-hybridized carbons (Fsp3) is 0.562. The van der Waals surface area contributed by atoms with Crippen LogP contribution in [0.15, 0.2) is 18.5 Å². The highest BCUT2D eigenvalue weighted by molar-refractivity contribution is 7.62. The number of fused-ring (bicyclic) bond motifs is 1. The molecule has 2 aromatic rings. The predicted molar refractivity (Wildman–Crippen MR) is 93.9 cm³/mol. The van der Waals surface area contributed by atoms with Gasteiger partial charge < -0.3 is 13.8 Å². The van der Waals surface area contributed by atoms with Crippen LogP contribution in [0.2, 0.25) is 0 Å². The van der Waals surface area contributed by atoms with Crippen molar-refractivity contribution in [2.45, 2.75) is 46.8 Å². The molecule has 0 atom stereocenters. The van der Waals surface area contributed by atoms with Crippen LogP contribution in [0.1, 0.15) is 34.6 Å². The van der Waals surface area contributed by atoms with E-state index in [1.54, 1.807) is 53.1 Å². The van der Waals surface area contributed by atoms with E-state index in [-0.39, 0.29) is 25.2 Å². The van der Waals surface area contributed by atoms with Gasteiger partial charge in [-0.25, -0.2) is 0 Å². The summed E-state index contributed by atoms with van der Waals surface area (Å²) in [5, 5.41) is 4.90. The van der Waals surface area contributed by atoms with E-state index < -0.39 is 19.2 Å². The molecule has 2 heterocycles. The molecule has 0 N–H and O–H groups in total. The number of pyridine rings is 1. The zero-order valence-corrected chi connectivity index (χ0v) is 16.1. The SMILES string of the molecule is CCOP(=O)(OCC)c1nn(CC(=O)OC(C)(C)C)c2cnccc12. The molecule has 138 valence electrons. The fourth-order valence-corrected chi connectivity index (χ4v) is 4.02. The van der Waals surface area contributed by atoms with Crippen molar-refractivity contribution in [3.63, 3.8) is 0 Å². The standard InChI is InChI=1S/C16H24N3O5P/c1-6-22-25(21,23-7-2)15-12-8-9-17-10-13(12)19(18-15)11-14(20)24-16(3,4)5/h8-10H,6-7,11H2,1-5H3. The Morgan fingerprint density at radius 1 is 1.24 bits per heavy atom. The molecular weight excluding hydrogens is 345 g/mol. The van der Waals surface area contributed by atoms with Crippen LogP contribution in [0.3, 0.4) is 0 Å². The molecule has 0 aromatic carbocycles. The maximum Gasteiger partial charge on any atom is 0.382 e. The Morgan fingerprint density at radius 3 is 2.44 bits per heavy atom. The van der Waals surface area contributed by atoms with Crippen molar-refractivity contribution in [3.05, 3.63) is 18.5 Å². The number of ether oxygens (including phenoxy) is 1. The van der Waals surface area contributed by atoms with Gasteiger partial charge in [-0.2, -0.15) is 5.10 Å². The smallest absolute Gasteiger partial charge is 0.382 e. The fourth-order valence-electron chi connectivity index (χ4n) is 2.32. The summed E-state index contributed by atoms with van der Waals surface area (Å²) < 4.78 is 30.6. The van der Waals surface area contributed by atoms with Gasteiger partial charge in [0.05, 0.1) is 24.9 Å². The van der Waals surface area contributed by atoms with Crippen LogP contribution in [0.25, 0.3) is 10.9 Å². The summed E-state index contributed by atoms with van der Waals surface area (Å²) in [6.07, 6.45) is 3.12. The molecule has 2 aromatic heterocycles. The van der Waals surface area contributed by atoms with Gasteiger partial charge in [-0.15, -0.1) is 0 Å². The molecule has 0 fully saturated rings. The molecule has 0 amide bonds. The van der Waals surface area contributed by atoms with Crippen LogP contribution in [-0.2, 0) is 29.7 Å². The molecule has 8 nitrogen and oxygen atoms in total. The second kappa shape index (κ2) is 7.64. The summed E-state index contributed by atoms with van der Waals surface area (Å²) >= 11 is 0. The van der Waals surface area contributed by atoms with E-state index in [4.69, 9.17) is 13.8 Å². The van der Waals surface area contributed by atoms with Gasteiger partial charge in [0.1, 0.15) is 12.1 Å². The molecule has 0 aliphatic rings. The molecule has 0 saturated carbocycles. The summed E-state index contributed by atoms with van der Waals surface area (Å²) in [6, 6.07) is 1.67. The lowest BCUT2D eigenvalue weighted by atomic mass is 10.2. The number of hydrogen-bond donors (Lipinski definition) is 0. The monoisotopic (exact) mass is 369 g/mol. The number of nitrogens with zero attached hydrogens (tertiary/aromatic N) is 3. The van der Waals surface area contributed by atoms with E-state index in [9.17, 15) is 9.36 Å². The van der Waals surface area contributed by atoms with Crippen molar-refractivity contribution in [1.82, 2.24) is 14.8 Å². The maximum atomic E-state index is 13.1. The average molecular weight is 369 g/mol. The molecule has 0 aliphatic heterocycles. The highest BCUT2D eigenvalue weighted by Crippen LogP contribution is 2.47. The molecule has 2 rings (SSSR count). The van der Waals surface area contributed by atoms with Gasteiger partial charge in [0.15, 0.2) is 5.44 Å². The Bertz CT molecular complexity index is 787. The number of aromatic nitrogens is 3. The van der Waals surface area contributed by atoms with Gasteiger partial charge in [-0.05, 0) is 40.7 Å². The van der Waals surface area contributed by atoms with Crippen LogP contribution in [0, 0.1) is 0 Å². The van der Waals surface area contributed by atoms with Crippen LogP contribution in [-0.4, -0.2) is 39.5 Å². The number of hydrogen-bond acceptors (Lipinski definition) is 7. The van der Waals surface area contributed by atoms with Crippen LogP contribution >= 0.6 is 7.60 Å².